The van der Waals surface area contributed by atoms with Crippen LogP contribution in [0.25, 0.3) is 6.08 Å². The van der Waals surface area contributed by atoms with Gasteiger partial charge in [0, 0.05) is 41.5 Å². The minimum Gasteiger partial charge on any atom is -0.497 e. The van der Waals surface area contributed by atoms with Gasteiger partial charge in [-0.25, -0.2) is 0 Å². The van der Waals surface area contributed by atoms with E-state index in [1.54, 1.807) is 50.6 Å². The molecule has 8 nitrogen and oxygen atoms in total. The fraction of sp³-hybridized carbons (Fsp3) is 0.222. The second-order valence-electron chi connectivity index (χ2n) is 10.8. The summed E-state index contributed by atoms with van der Waals surface area (Å²) >= 11 is 0. The molecule has 0 aromatic heterocycles. The average Bonchev–Trinajstić information content (AvgIpc) is 3.64. The van der Waals surface area contributed by atoms with Crippen LogP contribution in [0.15, 0.2) is 78.6 Å². The Morgan fingerprint density at radius 2 is 1.75 bits per heavy atom. The fourth-order valence-electron chi connectivity index (χ4n) is 6.02. The summed E-state index contributed by atoms with van der Waals surface area (Å²) < 4.78 is 34.7. The number of ketones is 1. The maximum atomic E-state index is 13.5. The number of fused-ring (bicyclic) bond motifs is 4. The molecule has 0 fully saturated rings. The Morgan fingerprint density at radius 1 is 0.886 bits per heavy atom. The van der Waals surface area contributed by atoms with Crippen LogP contribution in [0.5, 0.6) is 34.5 Å². The van der Waals surface area contributed by atoms with E-state index in [2.05, 4.69) is 12.1 Å². The van der Waals surface area contributed by atoms with Crippen molar-refractivity contribution in [2.75, 3.05) is 27.4 Å². The van der Waals surface area contributed by atoms with Gasteiger partial charge in [0.1, 0.15) is 34.5 Å². The lowest BCUT2D eigenvalue weighted by Gasteiger charge is -2.27. The smallest absolute Gasteiger partial charge is 0.312 e. The van der Waals surface area contributed by atoms with Gasteiger partial charge in [-0.05, 0) is 53.6 Å². The average molecular weight is 591 g/mol. The topological polar surface area (TPSA) is 89.5 Å². The van der Waals surface area contributed by atoms with Crippen LogP contribution in [-0.2, 0) is 17.6 Å². The van der Waals surface area contributed by atoms with Crippen LogP contribution in [0.3, 0.4) is 0 Å². The zero-order valence-electron chi connectivity index (χ0n) is 24.4. The molecule has 4 aromatic rings. The minimum absolute atomic E-state index is 0.0809. The maximum absolute atomic E-state index is 13.5. The number of Topliss-reactive ketones (excluding diaryl/α,β-unsaturated/α-hetero) is 1. The van der Waals surface area contributed by atoms with E-state index >= 15 is 0 Å². The van der Waals surface area contributed by atoms with E-state index in [9.17, 15) is 9.59 Å². The van der Waals surface area contributed by atoms with Crippen LogP contribution in [0.1, 0.15) is 50.5 Å². The van der Waals surface area contributed by atoms with E-state index in [-0.39, 0.29) is 23.9 Å². The van der Waals surface area contributed by atoms with Crippen molar-refractivity contribution < 1.29 is 38.0 Å². The summed E-state index contributed by atoms with van der Waals surface area (Å²) in [6.45, 7) is 1.18. The number of allylic oxidation sites excluding steroid dienone is 1. The molecule has 0 saturated heterocycles. The Morgan fingerprint density at radius 3 is 2.61 bits per heavy atom. The van der Waals surface area contributed by atoms with Crippen molar-refractivity contribution in [1.82, 2.24) is 0 Å². The van der Waals surface area contributed by atoms with Crippen LogP contribution in [0.4, 0.5) is 0 Å². The van der Waals surface area contributed by atoms with Gasteiger partial charge in [0.25, 0.3) is 0 Å². The Labute approximate surface area is 254 Å². The first-order valence-corrected chi connectivity index (χ1v) is 14.5. The van der Waals surface area contributed by atoms with Crippen molar-refractivity contribution in [2.24, 2.45) is 0 Å². The largest absolute Gasteiger partial charge is 0.497 e. The predicted octanol–water partition coefficient (Wildman–Crippen LogP) is 6.32. The number of esters is 1. The van der Waals surface area contributed by atoms with E-state index in [1.807, 2.05) is 30.3 Å². The highest BCUT2D eigenvalue weighted by molar-refractivity contribution is 6.15. The van der Waals surface area contributed by atoms with Crippen molar-refractivity contribution in [3.8, 4) is 34.5 Å². The normalized spacial score (nSPS) is 17.2. The SMILES string of the molecule is COc1ccc(/C=C2\Oc3c(ccc4c3[C@@H](c3ccccc3OCCc3ccc5c(c3)CCO5)CC(=O)O4)C2=O)c(OC)c1. The molecule has 0 unspecified atom stereocenters. The van der Waals surface area contributed by atoms with E-state index < -0.39 is 5.92 Å². The highest BCUT2D eigenvalue weighted by Crippen LogP contribution is 2.50. The van der Waals surface area contributed by atoms with Gasteiger partial charge < -0.3 is 28.4 Å². The Bertz CT molecular complexity index is 1820. The Hall–Kier alpha value is -5.24. The number of carbonyl (C=O) groups excluding carboxylic acids is 2. The standard InChI is InChI=1S/C36H30O8/c1-39-24-9-8-22(31(19-24)40-2)18-32-35(38)26-10-12-30-34(36(26)44-32)27(20-33(37)43-30)25-5-3-4-6-29(25)42-15-13-21-7-11-28-23(17-21)14-16-41-28/h3-12,17-19,27H,13-16,20H2,1-2H3/b32-18-/t27-/m1/s1. The predicted molar refractivity (Wildman–Crippen MR) is 162 cm³/mol. The number of methoxy groups -OCH3 is 2. The van der Waals surface area contributed by atoms with Crippen molar-refractivity contribution in [3.63, 3.8) is 0 Å². The quantitative estimate of drug-likeness (QED) is 0.134. The van der Waals surface area contributed by atoms with Gasteiger partial charge in [-0.3, -0.25) is 9.59 Å². The van der Waals surface area contributed by atoms with Crippen LogP contribution in [0.2, 0.25) is 0 Å². The van der Waals surface area contributed by atoms with Gasteiger partial charge in [0.2, 0.25) is 5.78 Å². The molecule has 0 bridgehead atoms. The third kappa shape index (κ3) is 5.02. The molecule has 0 spiro atoms. The monoisotopic (exact) mass is 590 g/mol. The van der Waals surface area contributed by atoms with Gasteiger partial charge in [-0.15, -0.1) is 0 Å². The lowest BCUT2D eigenvalue weighted by Crippen LogP contribution is -2.22. The molecule has 4 aromatic carbocycles. The molecule has 0 saturated carbocycles. The summed E-state index contributed by atoms with van der Waals surface area (Å²) in [7, 11) is 3.13. The van der Waals surface area contributed by atoms with Crippen molar-refractivity contribution >= 4 is 17.8 Å². The van der Waals surface area contributed by atoms with E-state index in [4.69, 9.17) is 28.4 Å². The second-order valence-corrected chi connectivity index (χ2v) is 10.8. The molecule has 3 aliphatic rings. The summed E-state index contributed by atoms with van der Waals surface area (Å²) in [5, 5.41) is 0. The van der Waals surface area contributed by atoms with Gasteiger partial charge >= 0.3 is 5.97 Å². The first-order valence-electron chi connectivity index (χ1n) is 14.5. The molecule has 222 valence electrons. The second kappa shape index (κ2) is 11.4. The van der Waals surface area contributed by atoms with Crippen LogP contribution < -0.4 is 28.4 Å². The molecule has 0 amide bonds. The lowest BCUT2D eigenvalue weighted by atomic mass is 9.84. The van der Waals surface area contributed by atoms with Gasteiger partial charge in [-0.1, -0.05) is 30.3 Å². The number of hydrogen-bond donors (Lipinski definition) is 0. The Balaban J connectivity index is 1.19. The molecular formula is C36H30O8. The number of para-hydroxylation sites is 1. The molecule has 3 aliphatic heterocycles. The number of rotatable bonds is 8. The maximum Gasteiger partial charge on any atom is 0.312 e. The lowest BCUT2D eigenvalue weighted by molar-refractivity contribution is -0.135. The number of benzene rings is 4. The molecule has 7 rings (SSSR count). The van der Waals surface area contributed by atoms with Crippen LogP contribution >= 0.6 is 0 Å². The highest BCUT2D eigenvalue weighted by atomic mass is 16.5. The Kier molecular flexibility index (Phi) is 7.18. The molecular weight excluding hydrogens is 560 g/mol. The zero-order valence-corrected chi connectivity index (χ0v) is 24.4. The summed E-state index contributed by atoms with van der Waals surface area (Å²) in [6.07, 6.45) is 3.38. The molecule has 44 heavy (non-hydrogen) atoms. The third-order valence-electron chi connectivity index (χ3n) is 8.20. The molecule has 0 N–H and O–H groups in total. The van der Waals surface area contributed by atoms with E-state index in [0.717, 1.165) is 30.8 Å². The molecule has 0 aliphatic carbocycles. The highest BCUT2D eigenvalue weighted by Gasteiger charge is 2.39. The van der Waals surface area contributed by atoms with Crippen molar-refractivity contribution in [2.45, 2.75) is 25.2 Å². The number of ether oxygens (including phenoxy) is 6. The van der Waals surface area contributed by atoms with Crippen molar-refractivity contribution in [1.29, 1.82) is 0 Å². The zero-order chi connectivity index (χ0) is 30.2. The van der Waals surface area contributed by atoms with Gasteiger partial charge in [-0.2, -0.15) is 0 Å². The number of hydrogen-bond acceptors (Lipinski definition) is 8. The first kappa shape index (κ1) is 27.6. The molecule has 3 heterocycles. The summed E-state index contributed by atoms with van der Waals surface area (Å²) in [5.41, 5.74) is 4.94. The van der Waals surface area contributed by atoms with Gasteiger partial charge in [0.15, 0.2) is 5.76 Å². The van der Waals surface area contributed by atoms with Crippen LogP contribution in [-0.4, -0.2) is 39.2 Å². The first-order chi connectivity index (χ1) is 21.5. The van der Waals surface area contributed by atoms with Crippen LogP contribution in [0, 0.1) is 0 Å². The van der Waals surface area contributed by atoms with Gasteiger partial charge in [0.05, 0.1) is 39.4 Å². The fourth-order valence-corrected chi connectivity index (χ4v) is 6.02. The molecule has 0 radical (unpaired) electrons. The van der Waals surface area contributed by atoms with E-state index in [1.165, 1.54) is 11.1 Å². The summed E-state index contributed by atoms with van der Waals surface area (Å²) in [4.78, 5) is 26.3. The summed E-state index contributed by atoms with van der Waals surface area (Å²) in [6, 6.07) is 22.6. The van der Waals surface area contributed by atoms with Crippen molar-refractivity contribution in [3.05, 3.63) is 112 Å². The summed E-state index contributed by atoms with van der Waals surface area (Å²) in [5.74, 6) is 2.65. The van der Waals surface area contributed by atoms with E-state index in [0.29, 0.717) is 52.0 Å². The number of carbonyl (C=O) groups is 2. The molecule has 8 heteroatoms. The molecule has 1 atom stereocenters. The minimum atomic E-state index is -0.433. The third-order valence-corrected chi connectivity index (χ3v) is 8.20.